The van der Waals surface area contributed by atoms with Crippen LogP contribution in [0.5, 0.6) is 0 Å². The normalized spacial score (nSPS) is 21.5. The summed E-state index contributed by atoms with van der Waals surface area (Å²) in [7, 11) is 0. The maximum atomic E-state index is 11.8. The molecule has 39 heavy (non-hydrogen) atoms. The first kappa shape index (κ1) is 29.0. The number of aromatic nitrogens is 2. The summed E-state index contributed by atoms with van der Waals surface area (Å²) in [6.45, 7) is 8.25. The molecule has 8 heteroatoms. The number of hydrogen-bond acceptors (Lipinski definition) is 8. The number of ether oxygens (including phenoxy) is 2. The summed E-state index contributed by atoms with van der Waals surface area (Å²) >= 11 is 0. The van der Waals surface area contributed by atoms with Crippen molar-refractivity contribution in [1.29, 1.82) is 5.26 Å². The van der Waals surface area contributed by atoms with Crippen molar-refractivity contribution in [1.82, 2.24) is 15.3 Å². The Bertz CT molecular complexity index is 1130. The molecule has 0 spiro atoms. The monoisotopic (exact) mass is 533 g/mol. The molecule has 2 aliphatic rings. The summed E-state index contributed by atoms with van der Waals surface area (Å²) in [5, 5.41) is 16.8. The van der Waals surface area contributed by atoms with Crippen LogP contribution in [0, 0.1) is 29.6 Å². The van der Waals surface area contributed by atoms with Crippen molar-refractivity contribution in [2.24, 2.45) is 11.3 Å². The summed E-state index contributed by atoms with van der Waals surface area (Å²) in [6.07, 6.45) is 9.36. The van der Waals surface area contributed by atoms with E-state index in [0.29, 0.717) is 44.7 Å². The fourth-order valence-electron chi connectivity index (χ4n) is 5.75. The van der Waals surface area contributed by atoms with Gasteiger partial charge in [0.1, 0.15) is 5.82 Å². The molecule has 2 N–H and O–H groups in total. The van der Waals surface area contributed by atoms with E-state index in [4.69, 9.17) is 19.4 Å². The maximum absolute atomic E-state index is 11.8. The highest BCUT2D eigenvalue weighted by Crippen LogP contribution is 2.31. The van der Waals surface area contributed by atoms with Crippen molar-refractivity contribution in [3.8, 4) is 17.3 Å². The topological polar surface area (TPSA) is 109 Å². The first-order valence-corrected chi connectivity index (χ1v) is 14.5. The average molecular weight is 534 g/mol. The predicted octanol–water partition coefficient (Wildman–Crippen LogP) is 5.22. The number of hydrogen-bond donors (Lipinski definition) is 2. The fraction of sp³-hybridized carbons (Fsp3) is 0.613. The summed E-state index contributed by atoms with van der Waals surface area (Å²) in [5.74, 6) is 1.26. The van der Waals surface area contributed by atoms with E-state index in [9.17, 15) is 10.1 Å². The molecule has 1 aliphatic heterocycles. The highest BCUT2D eigenvalue weighted by atomic mass is 16.5. The Balaban J connectivity index is 1.33. The second-order valence-electron chi connectivity index (χ2n) is 11.3. The van der Waals surface area contributed by atoms with E-state index in [2.05, 4.69) is 36.6 Å². The van der Waals surface area contributed by atoms with Crippen molar-refractivity contribution in [2.75, 3.05) is 31.7 Å². The van der Waals surface area contributed by atoms with Crippen molar-refractivity contribution in [3.05, 3.63) is 41.7 Å². The van der Waals surface area contributed by atoms with E-state index in [1.165, 1.54) is 0 Å². The molecule has 1 saturated carbocycles. The second kappa shape index (κ2) is 13.9. The highest BCUT2D eigenvalue weighted by molar-refractivity contribution is 5.70. The van der Waals surface area contributed by atoms with Gasteiger partial charge >= 0.3 is 5.97 Å². The van der Waals surface area contributed by atoms with E-state index >= 15 is 0 Å². The lowest BCUT2D eigenvalue weighted by atomic mass is 9.82. The molecule has 2 aromatic heterocycles. The van der Waals surface area contributed by atoms with Crippen LogP contribution in [-0.4, -0.2) is 54.4 Å². The van der Waals surface area contributed by atoms with Crippen LogP contribution in [0.2, 0.25) is 0 Å². The van der Waals surface area contributed by atoms with Gasteiger partial charge in [-0.1, -0.05) is 6.07 Å². The summed E-state index contributed by atoms with van der Waals surface area (Å²) in [4.78, 5) is 21.4. The van der Waals surface area contributed by atoms with Gasteiger partial charge < -0.3 is 20.1 Å². The zero-order valence-electron chi connectivity index (χ0n) is 23.7. The Morgan fingerprint density at radius 1 is 1.26 bits per heavy atom. The first-order valence-electron chi connectivity index (χ1n) is 14.5. The Labute approximate surface area is 232 Å². The van der Waals surface area contributed by atoms with Gasteiger partial charge in [-0.2, -0.15) is 5.26 Å². The molecule has 2 aromatic rings. The van der Waals surface area contributed by atoms with Crippen LogP contribution in [0.1, 0.15) is 70.1 Å². The zero-order valence-corrected chi connectivity index (χ0v) is 23.7. The summed E-state index contributed by atoms with van der Waals surface area (Å²) in [6, 6.07) is 11.3. The number of nitriles is 1. The molecule has 210 valence electrons. The number of anilines is 1. The van der Waals surface area contributed by atoms with Crippen LogP contribution >= 0.6 is 0 Å². The molecule has 0 amide bonds. The van der Waals surface area contributed by atoms with E-state index in [1.54, 1.807) is 0 Å². The third-order valence-electron chi connectivity index (χ3n) is 8.12. The average Bonchev–Trinajstić information content (AvgIpc) is 2.95. The van der Waals surface area contributed by atoms with Crippen molar-refractivity contribution in [2.45, 2.75) is 84.2 Å². The Kier molecular flexibility index (Phi) is 10.3. The summed E-state index contributed by atoms with van der Waals surface area (Å²) < 4.78 is 10.5. The van der Waals surface area contributed by atoms with Crippen molar-refractivity contribution < 1.29 is 14.3 Å². The van der Waals surface area contributed by atoms with Gasteiger partial charge in [-0.3, -0.25) is 9.78 Å². The minimum absolute atomic E-state index is 0.131. The van der Waals surface area contributed by atoms with Gasteiger partial charge in [0.05, 0.1) is 30.2 Å². The Morgan fingerprint density at radius 2 is 2.03 bits per heavy atom. The Hall–Kier alpha value is -3.02. The van der Waals surface area contributed by atoms with Gasteiger partial charge in [0.15, 0.2) is 0 Å². The molecule has 3 heterocycles. The lowest BCUT2D eigenvalue weighted by Gasteiger charge is -2.31. The molecule has 1 atom stereocenters. The van der Waals surface area contributed by atoms with E-state index in [1.807, 2.05) is 31.3 Å². The van der Waals surface area contributed by atoms with E-state index < -0.39 is 5.41 Å². The Morgan fingerprint density at radius 3 is 2.74 bits per heavy atom. The number of esters is 1. The van der Waals surface area contributed by atoms with Gasteiger partial charge in [-0.05, 0) is 95.4 Å². The number of nitrogens with one attached hydrogen (secondary N) is 2. The lowest BCUT2D eigenvalue weighted by molar-refractivity contribution is -0.143. The molecule has 0 unspecified atom stereocenters. The highest BCUT2D eigenvalue weighted by Gasteiger charge is 2.32. The van der Waals surface area contributed by atoms with Gasteiger partial charge in [0, 0.05) is 49.3 Å². The summed E-state index contributed by atoms with van der Waals surface area (Å²) in [5.41, 5.74) is 3.83. The van der Waals surface area contributed by atoms with Gasteiger partial charge in [0.2, 0.25) is 0 Å². The van der Waals surface area contributed by atoms with Crippen LogP contribution in [0.25, 0.3) is 11.3 Å². The van der Waals surface area contributed by atoms with Crippen LogP contribution < -0.4 is 10.6 Å². The van der Waals surface area contributed by atoms with Crippen LogP contribution in [0.4, 0.5) is 5.82 Å². The first-order chi connectivity index (χ1) is 18.9. The zero-order chi connectivity index (χ0) is 27.7. The molecule has 8 nitrogen and oxygen atoms in total. The number of nitrogens with zero attached hydrogens (tertiary/aromatic N) is 3. The third-order valence-corrected chi connectivity index (χ3v) is 8.12. The molecule has 0 radical (unpaired) electrons. The standard InChI is InChI=1S/C31H43N5O3/c1-4-39-30(37)16-23(3)35-25-10-8-24(9-11-25)17-26-18-27(22(2)19-33-26)28-6-5-7-29(36-28)34-21-31(20-32)12-14-38-15-13-31/h5-7,18-19,23-25,35H,4,8-17,21H2,1-3H3,(H,34,36)/t23-,24?,25?/m1/s1. The predicted molar refractivity (Wildman–Crippen MR) is 152 cm³/mol. The second-order valence-corrected chi connectivity index (χ2v) is 11.3. The molecule has 4 rings (SSSR count). The van der Waals surface area contributed by atoms with Crippen LogP contribution in [0.3, 0.4) is 0 Å². The van der Waals surface area contributed by atoms with Gasteiger partial charge in [-0.15, -0.1) is 0 Å². The minimum atomic E-state index is -0.400. The molecule has 1 saturated heterocycles. The van der Waals surface area contributed by atoms with Crippen LogP contribution in [-0.2, 0) is 20.7 Å². The minimum Gasteiger partial charge on any atom is -0.466 e. The number of carbonyl (C=O) groups is 1. The van der Waals surface area contributed by atoms with E-state index in [0.717, 1.165) is 73.3 Å². The molecule has 0 aromatic carbocycles. The molecule has 2 fully saturated rings. The van der Waals surface area contributed by atoms with Crippen molar-refractivity contribution >= 4 is 11.8 Å². The van der Waals surface area contributed by atoms with E-state index in [-0.39, 0.29) is 12.0 Å². The lowest BCUT2D eigenvalue weighted by Crippen LogP contribution is -2.40. The maximum Gasteiger partial charge on any atom is 0.307 e. The smallest absolute Gasteiger partial charge is 0.307 e. The SMILES string of the molecule is CCOC(=O)C[C@@H](C)NC1CCC(Cc2cc(-c3cccc(NCC4(C#N)CCOCC4)n3)c(C)cn2)CC1. The van der Waals surface area contributed by atoms with Crippen molar-refractivity contribution in [3.63, 3.8) is 0 Å². The van der Waals surface area contributed by atoms with Gasteiger partial charge in [-0.25, -0.2) is 4.98 Å². The van der Waals surface area contributed by atoms with Gasteiger partial charge in [0.25, 0.3) is 0 Å². The fourth-order valence-corrected chi connectivity index (χ4v) is 5.75. The quantitative estimate of drug-likeness (QED) is 0.379. The third kappa shape index (κ3) is 8.23. The molecular weight excluding hydrogens is 490 g/mol. The largest absolute Gasteiger partial charge is 0.466 e. The molecular formula is C31H43N5O3. The molecule has 0 bridgehead atoms. The number of rotatable bonds is 11. The van der Waals surface area contributed by atoms with Crippen LogP contribution in [0.15, 0.2) is 30.5 Å². The number of carbonyl (C=O) groups excluding carboxylic acids is 1. The number of aryl methyl sites for hydroxylation is 1. The molecule has 1 aliphatic carbocycles. The number of pyridine rings is 2.